The van der Waals surface area contributed by atoms with Gasteiger partial charge in [-0.05, 0) is 30.9 Å². The van der Waals surface area contributed by atoms with E-state index in [1.165, 1.54) is 17.5 Å². The zero-order chi connectivity index (χ0) is 19.1. The van der Waals surface area contributed by atoms with E-state index in [1.807, 2.05) is 18.2 Å². The quantitative estimate of drug-likeness (QED) is 0.596. The molecule has 0 bridgehead atoms. The number of aryl methyl sites for hydroxylation is 3. The number of amides is 2. The van der Waals surface area contributed by atoms with Crippen LogP contribution in [0, 0.1) is 6.92 Å². The van der Waals surface area contributed by atoms with Crippen LogP contribution >= 0.6 is 0 Å². The smallest absolute Gasteiger partial charge is 0.326 e. The van der Waals surface area contributed by atoms with Crippen LogP contribution in [0.15, 0.2) is 42.7 Å². The van der Waals surface area contributed by atoms with Gasteiger partial charge in [0, 0.05) is 24.9 Å². The molecule has 2 heterocycles. The molecule has 3 rings (SSSR count). The maximum atomic E-state index is 12.1. The van der Waals surface area contributed by atoms with Gasteiger partial charge in [-0.1, -0.05) is 24.3 Å². The number of nitrogens with zero attached hydrogens (tertiary/aromatic N) is 3. The van der Waals surface area contributed by atoms with Crippen LogP contribution in [-0.4, -0.2) is 33.3 Å². The van der Waals surface area contributed by atoms with Crippen LogP contribution in [0.25, 0.3) is 0 Å². The maximum Gasteiger partial charge on any atom is 0.326 e. The van der Waals surface area contributed by atoms with Crippen molar-refractivity contribution in [1.29, 1.82) is 0 Å². The summed E-state index contributed by atoms with van der Waals surface area (Å²) in [4.78, 5) is 20.2. The number of anilines is 2. The molecule has 140 valence electrons. The lowest BCUT2D eigenvalue weighted by molar-refractivity contribution is 0.181. The molecule has 0 spiro atoms. The number of nitrogens with one attached hydrogen (secondary N) is 3. The molecule has 0 saturated heterocycles. The summed E-state index contributed by atoms with van der Waals surface area (Å²) < 4.78 is 5.02. The Morgan fingerprint density at radius 1 is 1.11 bits per heavy atom. The van der Waals surface area contributed by atoms with Crippen LogP contribution in [0.1, 0.15) is 22.5 Å². The van der Waals surface area contributed by atoms with Gasteiger partial charge >= 0.3 is 6.03 Å². The highest BCUT2D eigenvalue weighted by Gasteiger charge is 2.08. The van der Waals surface area contributed by atoms with Crippen molar-refractivity contribution in [1.82, 2.24) is 20.2 Å². The largest absolute Gasteiger partial charge is 0.378 e. The molecule has 0 atom stereocenters. The maximum absolute atomic E-state index is 12.1. The number of H-pyrrole nitrogens is 1. The zero-order valence-electron chi connectivity index (χ0n) is 15.3. The molecule has 0 aliphatic rings. The Morgan fingerprint density at radius 3 is 2.74 bits per heavy atom. The van der Waals surface area contributed by atoms with Gasteiger partial charge in [0.1, 0.15) is 12.1 Å². The lowest BCUT2D eigenvalue weighted by atomic mass is 10.0. The molecule has 1 aromatic carbocycles. The monoisotopic (exact) mass is 366 g/mol. The van der Waals surface area contributed by atoms with Crippen LogP contribution in [0.5, 0.6) is 0 Å². The fourth-order valence-electron chi connectivity index (χ4n) is 2.67. The molecule has 8 heteroatoms. The Labute approximate surface area is 157 Å². The number of benzene rings is 1. The molecule has 0 saturated carbocycles. The second-order valence-corrected chi connectivity index (χ2v) is 6.11. The second-order valence-electron chi connectivity index (χ2n) is 6.11. The summed E-state index contributed by atoms with van der Waals surface area (Å²) in [6.07, 6.45) is 3.10. The van der Waals surface area contributed by atoms with Gasteiger partial charge in [-0.15, -0.1) is 0 Å². The predicted molar refractivity (Wildman–Crippen MR) is 103 cm³/mol. The van der Waals surface area contributed by atoms with Crippen LogP contribution in [-0.2, 0) is 24.2 Å². The van der Waals surface area contributed by atoms with E-state index in [9.17, 15) is 4.79 Å². The Balaban J connectivity index is 1.53. The van der Waals surface area contributed by atoms with Crippen LogP contribution in [0.2, 0.25) is 0 Å². The first-order chi connectivity index (χ1) is 13.1. The lowest BCUT2D eigenvalue weighted by Crippen LogP contribution is -2.20. The number of aromatic amines is 1. The molecule has 3 N–H and O–H groups in total. The lowest BCUT2D eigenvalue weighted by Gasteiger charge is -2.05. The van der Waals surface area contributed by atoms with Gasteiger partial charge in [-0.2, -0.15) is 5.10 Å². The number of aromatic nitrogens is 4. The SMILES string of the molecule is COCc1cc(NC(=O)Nc2cc(CCc3ccccc3C)[nH]n2)ncn1. The first-order valence-corrected chi connectivity index (χ1v) is 8.60. The van der Waals surface area contributed by atoms with Gasteiger partial charge in [0.05, 0.1) is 12.3 Å². The number of urea groups is 1. The van der Waals surface area contributed by atoms with Gasteiger partial charge in [-0.3, -0.25) is 15.7 Å². The summed E-state index contributed by atoms with van der Waals surface area (Å²) in [5, 5.41) is 12.4. The topological polar surface area (TPSA) is 105 Å². The summed E-state index contributed by atoms with van der Waals surface area (Å²) >= 11 is 0. The highest BCUT2D eigenvalue weighted by Crippen LogP contribution is 2.13. The predicted octanol–water partition coefficient (Wildman–Crippen LogP) is 3.08. The first kappa shape index (κ1) is 18.5. The average molecular weight is 366 g/mol. The van der Waals surface area contributed by atoms with Crippen molar-refractivity contribution in [2.45, 2.75) is 26.4 Å². The standard InChI is InChI=1S/C19H22N6O2/c1-13-5-3-4-6-14(13)7-8-15-9-18(25-24-15)23-19(26)22-17-10-16(11-27-2)20-12-21-17/h3-6,9-10,12H,7-8,11H2,1-2H3,(H3,20,21,22,23,24,25,26). The van der Waals surface area contributed by atoms with Crippen molar-refractivity contribution in [3.8, 4) is 0 Å². The third-order valence-corrected chi connectivity index (χ3v) is 4.05. The van der Waals surface area contributed by atoms with Crippen molar-refractivity contribution in [3.05, 3.63) is 65.2 Å². The van der Waals surface area contributed by atoms with Crippen molar-refractivity contribution in [2.24, 2.45) is 0 Å². The van der Waals surface area contributed by atoms with E-state index >= 15 is 0 Å². The molecule has 3 aromatic rings. The Kier molecular flexibility index (Phi) is 6.11. The summed E-state index contributed by atoms with van der Waals surface area (Å²) in [5.41, 5.74) is 4.21. The Hall–Kier alpha value is -3.26. The number of hydrogen-bond acceptors (Lipinski definition) is 5. The molecule has 8 nitrogen and oxygen atoms in total. The molecule has 27 heavy (non-hydrogen) atoms. The third kappa shape index (κ3) is 5.35. The number of methoxy groups -OCH3 is 1. The zero-order valence-corrected chi connectivity index (χ0v) is 15.3. The van der Waals surface area contributed by atoms with E-state index in [0.717, 1.165) is 18.5 Å². The number of carbonyl (C=O) groups excluding carboxylic acids is 1. The molecular weight excluding hydrogens is 344 g/mol. The molecule has 2 amide bonds. The van der Waals surface area contributed by atoms with Gasteiger partial charge in [0.2, 0.25) is 0 Å². The Bertz CT molecular complexity index is 908. The number of carbonyl (C=O) groups is 1. The fourth-order valence-corrected chi connectivity index (χ4v) is 2.67. The van der Waals surface area contributed by atoms with Crippen LogP contribution in [0.4, 0.5) is 16.4 Å². The molecule has 0 aliphatic carbocycles. The summed E-state index contributed by atoms with van der Waals surface area (Å²) in [5.74, 6) is 0.850. The van der Waals surface area contributed by atoms with E-state index < -0.39 is 6.03 Å². The van der Waals surface area contributed by atoms with Crippen molar-refractivity contribution < 1.29 is 9.53 Å². The average Bonchev–Trinajstić information content (AvgIpc) is 3.09. The van der Waals surface area contributed by atoms with Crippen LogP contribution < -0.4 is 10.6 Å². The number of ether oxygens (including phenoxy) is 1. The third-order valence-electron chi connectivity index (χ3n) is 4.05. The molecule has 0 aliphatic heterocycles. The van der Waals surface area contributed by atoms with Gasteiger partial charge in [0.25, 0.3) is 0 Å². The van der Waals surface area contributed by atoms with E-state index in [1.54, 1.807) is 13.2 Å². The summed E-state index contributed by atoms with van der Waals surface area (Å²) in [6, 6.07) is 11.4. The molecule has 2 aromatic heterocycles. The van der Waals surface area contributed by atoms with E-state index in [0.29, 0.717) is 23.9 Å². The fraction of sp³-hybridized carbons (Fsp3) is 0.263. The minimum atomic E-state index is -0.422. The highest BCUT2D eigenvalue weighted by molar-refractivity contribution is 5.98. The van der Waals surface area contributed by atoms with E-state index in [-0.39, 0.29) is 0 Å². The van der Waals surface area contributed by atoms with E-state index in [4.69, 9.17) is 4.74 Å². The first-order valence-electron chi connectivity index (χ1n) is 8.60. The van der Waals surface area contributed by atoms with Gasteiger partial charge in [-0.25, -0.2) is 14.8 Å². The molecular formula is C19H22N6O2. The summed E-state index contributed by atoms with van der Waals surface area (Å²) in [7, 11) is 1.58. The minimum Gasteiger partial charge on any atom is -0.378 e. The Morgan fingerprint density at radius 2 is 1.93 bits per heavy atom. The van der Waals surface area contributed by atoms with Crippen molar-refractivity contribution in [2.75, 3.05) is 17.7 Å². The molecule has 0 unspecified atom stereocenters. The van der Waals surface area contributed by atoms with Crippen molar-refractivity contribution in [3.63, 3.8) is 0 Å². The normalized spacial score (nSPS) is 10.6. The van der Waals surface area contributed by atoms with Crippen LogP contribution in [0.3, 0.4) is 0 Å². The minimum absolute atomic E-state index is 0.350. The second kappa shape index (κ2) is 8.91. The number of hydrogen-bond donors (Lipinski definition) is 3. The molecule has 0 fully saturated rings. The van der Waals surface area contributed by atoms with Gasteiger partial charge in [0.15, 0.2) is 5.82 Å². The van der Waals surface area contributed by atoms with E-state index in [2.05, 4.69) is 49.9 Å². The van der Waals surface area contributed by atoms with Gasteiger partial charge < -0.3 is 4.74 Å². The summed E-state index contributed by atoms with van der Waals surface area (Å²) in [6.45, 7) is 2.45. The van der Waals surface area contributed by atoms with Crippen molar-refractivity contribution >= 4 is 17.7 Å². The highest BCUT2D eigenvalue weighted by atomic mass is 16.5. The molecule has 0 radical (unpaired) electrons. The number of rotatable bonds is 7.